The van der Waals surface area contributed by atoms with E-state index >= 15 is 0 Å². The second kappa shape index (κ2) is 9.70. The summed E-state index contributed by atoms with van der Waals surface area (Å²) in [5.41, 5.74) is 1.78. The van der Waals surface area contributed by atoms with Crippen molar-refractivity contribution >= 4 is 11.9 Å². The third kappa shape index (κ3) is 4.75. The number of nitrogens with zero attached hydrogens (tertiary/aromatic N) is 4. The smallest absolute Gasteiger partial charge is 0.387 e. The van der Waals surface area contributed by atoms with E-state index < -0.39 is 12.6 Å². The molecule has 1 N–H and O–H groups in total. The predicted octanol–water partition coefficient (Wildman–Crippen LogP) is 5.03. The maximum atomic E-state index is 13.0. The van der Waals surface area contributed by atoms with Gasteiger partial charge in [0.15, 0.2) is 0 Å². The molecule has 1 aromatic carbocycles. The Balaban J connectivity index is 1.19. The molecule has 4 heterocycles. The fourth-order valence-electron chi connectivity index (χ4n) is 5.56. The highest BCUT2D eigenvalue weighted by atomic mass is 19.3. The van der Waals surface area contributed by atoms with E-state index in [1.807, 2.05) is 0 Å². The lowest BCUT2D eigenvalue weighted by Crippen LogP contribution is -2.46. The summed E-state index contributed by atoms with van der Waals surface area (Å²) in [7, 11) is 0. The summed E-state index contributed by atoms with van der Waals surface area (Å²) >= 11 is 0. The second-order valence-electron chi connectivity index (χ2n) is 9.80. The SMILES string of the molecule is O=C(O)c1cnc(N2[C@@H]3CC[C@H]2CC(OCc2c(-c4ccccc4OC(F)F)noc2C2CC2)C3)nc1. The van der Waals surface area contributed by atoms with Gasteiger partial charge in [0.25, 0.3) is 0 Å². The van der Waals surface area contributed by atoms with Crippen LogP contribution in [0.15, 0.2) is 41.2 Å². The number of aromatic carboxylic acids is 1. The summed E-state index contributed by atoms with van der Waals surface area (Å²) < 4.78 is 42.9. The lowest BCUT2D eigenvalue weighted by atomic mass is 9.99. The number of halogens is 2. The molecule has 0 radical (unpaired) electrons. The normalized spacial score (nSPS) is 23.0. The number of carboxylic acid groups (broad SMARTS) is 1. The fourth-order valence-corrected chi connectivity index (χ4v) is 5.56. The number of ether oxygens (including phenoxy) is 2. The third-order valence-electron chi connectivity index (χ3n) is 7.39. The number of carbonyl (C=O) groups is 1. The molecule has 1 unspecified atom stereocenters. The molecule has 3 fully saturated rings. The van der Waals surface area contributed by atoms with Crippen LogP contribution in [-0.4, -0.2) is 51.0 Å². The topological polar surface area (TPSA) is 111 Å². The Morgan fingerprint density at radius 2 is 1.81 bits per heavy atom. The van der Waals surface area contributed by atoms with Crippen LogP contribution in [-0.2, 0) is 11.3 Å². The maximum Gasteiger partial charge on any atom is 0.387 e. The van der Waals surface area contributed by atoms with Crippen LogP contribution in [0.1, 0.15) is 66.1 Å². The van der Waals surface area contributed by atoms with Gasteiger partial charge in [-0.25, -0.2) is 14.8 Å². The van der Waals surface area contributed by atoms with Gasteiger partial charge in [-0.3, -0.25) is 0 Å². The van der Waals surface area contributed by atoms with Crippen LogP contribution >= 0.6 is 0 Å². The van der Waals surface area contributed by atoms with E-state index in [4.69, 9.17) is 19.1 Å². The first-order valence-corrected chi connectivity index (χ1v) is 12.5. The predicted molar refractivity (Wildman–Crippen MR) is 127 cm³/mol. The molecule has 3 atom stereocenters. The number of fused-ring (bicyclic) bond motifs is 2. The molecular formula is C26H26F2N4O5. The first-order valence-electron chi connectivity index (χ1n) is 12.5. The lowest BCUT2D eigenvalue weighted by Gasteiger charge is -2.38. The monoisotopic (exact) mass is 512 g/mol. The highest BCUT2D eigenvalue weighted by Gasteiger charge is 2.43. The minimum Gasteiger partial charge on any atom is -0.478 e. The number of alkyl halides is 2. The van der Waals surface area contributed by atoms with Gasteiger partial charge in [-0.05, 0) is 50.7 Å². The molecule has 11 heteroatoms. The zero-order chi connectivity index (χ0) is 25.5. The van der Waals surface area contributed by atoms with Gasteiger partial charge in [-0.2, -0.15) is 8.78 Å². The molecule has 0 amide bonds. The number of aromatic nitrogens is 3. The number of benzene rings is 1. The molecule has 2 bridgehead atoms. The maximum absolute atomic E-state index is 13.0. The first kappa shape index (κ1) is 23.8. The average Bonchev–Trinajstić information content (AvgIpc) is 3.59. The molecule has 2 saturated heterocycles. The highest BCUT2D eigenvalue weighted by Crippen LogP contribution is 2.46. The number of hydrogen-bond acceptors (Lipinski definition) is 8. The highest BCUT2D eigenvalue weighted by molar-refractivity contribution is 5.86. The van der Waals surface area contributed by atoms with Crippen molar-refractivity contribution in [3.05, 3.63) is 53.5 Å². The van der Waals surface area contributed by atoms with Gasteiger partial charge in [-0.15, -0.1) is 0 Å². The molecular weight excluding hydrogens is 486 g/mol. The van der Waals surface area contributed by atoms with E-state index in [0.717, 1.165) is 49.8 Å². The number of rotatable bonds is 9. The molecule has 9 nitrogen and oxygen atoms in total. The molecule has 0 spiro atoms. The van der Waals surface area contributed by atoms with E-state index in [-0.39, 0.29) is 42.0 Å². The minimum atomic E-state index is -2.94. The van der Waals surface area contributed by atoms with Crippen molar-refractivity contribution in [2.24, 2.45) is 0 Å². The molecule has 1 saturated carbocycles. The lowest BCUT2D eigenvalue weighted by molar-refractivity contribution is -0.0494. The Bertz CT molecular complexity index is 1270. The van der Waals surface area contributed by atoms with E-state index in [1.54, 1.807) is 18.2 Å². The summed E-state index contributed by atoms with van der Waals surface area (Å²) in [4.78, 5) is 21.9. The van der Waals surface area contributed by atoms with Crippen molar-refractivity contribution in [2.75, 3.05) is 4.90 Å². The number of hydrogen-bond donors (Lipinski definition) is 1. The Hall–Kier alpha value is -3.60. The zero-order valence-electron chi connectivity index (χ0n) is 19.9. The Morgan fingerprint density at radius 3 is 2.46 bits per heavy atom. The number of piperidine rings is 1. The van der Waals surface area contributed by atoms with E-state index in [0.29, 0.717) is 17.2 Å². The number of anilines is 1. The van der Waals surface area contributed by atoms with Crippen LogP contribution < -0.4 is 9.64 Å². The largest absolute Gasteiger partial charge is 0.478 e. The number of para-hydroxylation sites is 1. The van der Waals surface area contributed by atoms with Crippen LogP contribution in [0.2, 0.25) is 0 Å². The van der Waals surface area contributed by atoms with Crippen LogP contribution in [0.3, 0.4) is 0 Å². The first-order chi connectivity index (χ1) is 18.0. The molecule has 2 aromatic heterocycles. The molecule has 194 valence electrons. The summed E-state index contributed by atoms with van der Waals surface area (Å²) in [6, 6.07) is 6.98. The van der Waals surface area contributed by atoms with Crippen LogP contribution in [0.25, 0.3) is 11.3 Å². The van der Waals surface area contributed by atoms with Gasteiger partial charge in [0.2, 0.25) is 5.95 Å². The van der Waals surface area contributed by atoms with Crippen molar-refractivity contribution in [3.8, 4) is 17.0 Å². The third-order valence-corrected chi connectivity index (χ3v) is 7.39. The van der Waals surface area contributed by atoms with Crippen molar-refractivity contribution in [1.29, 1.82) is 0 Å². The van der Waals surface area contributed by atoms with Crippen molar-refractivity contribution in [3.63, 3.8) is 0 Å². The van der Waals surface area contributed by atoms with Crippen molar-refractivity contribution in [2.45, 2.75) is 75.8 Å². The number of carboxylic acids is 1. The molecule has 3 aromatic rings. The van der Waals surface area contributed by atoms with Crippen LogP contribution in [0, 0.1) is 0 Å². The molecule has 1 aliphatic carbocycles. The minimum absolute atomic E-state index is 0.00518. The summed E-state index contributed by atoms with van der Waals surface area (Å²) in [6.45, 7) is -2.68. The second-order valence-corrected chi connectivity index (χ2v) is 9.80. The van der Waals surface area contributed by atoms with Crippen LogP contribution in [0.4, 0.5) is 14.7 Å². The van der Waals surface area contributed by atoms with E-state index in [1.165, 1.54) is 18.5 Å². The van der Waals surface area contributed by atoms with Crippen molar-refractivity contribution < 1.29 is 32.7 Å². The summed E-state index contributed by atoms with van der Waals surface area (Å²) in [5.74, 6) is 0.573. The van der Waals surface area contributed by atoms with Crippen molar-refractivity contribution in [1.82, 2.24) is 15.1 Å². The Morgan fingerprint density at radius 1 is 1.11 bits per heavy atom. The van der Waals surface area contributed by atoms with Gasteiger partial charge in [0, 0.05) is 41.5 Å². The van der Waals surface area contributed by atoms with Gasteiger partial charge < -0.3 is 24.0 Å². The summed E-state index contributed by atoms with van der Waals surface area (Å²) in [6.07, 6.45) is 8.21. The zero-order valence-corrected chi connectivity index (χ0v) is 19.9. The standard InChI is InChI=1S/C26H26F2N4O5/c27-25(28)36-21-4-2-1-3-19(21)22-20(23(37-31-22)14-5-6-14)13-35-18-9-16-7-8-17(10-18)32(16)26-29-11-15(12-30-26)24(33)34/h1-4,11-12,14,16-18,25H,5-10,13H2,(H,33,34)/t16-,17+,18?. The Kier molecular flexibility index (Phi) is 6.23. The average molecular weight is 513 g/mol. The van der Waals surface area contributed by atoms with Gasteiger partial charge in [0.1, 0.15) is 17.2 Å². The molecule has 6 rings (SSSR count). The molecule has 3 aliphatic rings. The fraction of sp³-hybridized carbons (Fsp3) is 0.462. The van der Waals surface area contributed by atoms with Crippen LogP contribution in [0.5, 0.6) is 5.75 Å². The summed E-state index contributed by atoms with van der Waals surface area (Å²) in [5, 5.41) is 13.4. The van der Waals surface area contributed by atoms with Gasteiger partial charge >= 0.3 is 12.6 Å². The Labute approximate surface area is 211 Å². The molecule has 37 heavy (non-hydrogen) atoms. The quantitative estimate of drug-likeness (QED) is 0.422. The molecule has 2 aliphatic heterocycles. The van der Waals surface area contributed by atoms with E-state index in [9.17, 15) is 13.6 Å². The van der Waals surface area contributed by atoms with E-state index in [2.05, 4.69) is 20.0 Å². The van der Waals surface area contributed by atoms with Gasteiger partial charge in [0.05, 0.1) is 18.3 Å². The van der Waals surface area contributed by atoms with Gasteiger partial charge in [-0.1, -0.05) is 17.3 Å².